The molecule has 2 aromatic carbocycles. The zero-order valence-corrected chi connectivity index (χ0v) is 11.5. The van der Waals surface area contributed by atoms with Gasteiger partial charge in [0.25, 0.3) is 0 Å². The lowest BCUT2D eigenvalue weighted by Crippen LogP contribution is -2.29. The molecular formula is C16H18FNO2. The molecule has 2 rings (SSSR count). The molecule has 2 unspecified atom stereocenters. The lowest BCUT2D eigenvalue weighted by atomic mass is 10.0. The summed E-state index contributed by atoms with van der Waals surface area (Å²) >= 11 is 0. The van der Waals surface area contributed by atoms with Gasteiger partial charge in [-0.3, -0.25) is 0 Å². The van der Waals surface area contributed by atoms with Crippen molar-refractivity contribution in [1.82, 2.24) is 0 Å². The Morgan fingerprint density at radius 1 is 0.950 bits per heavy atom. The molecule has 0 spiro atoms. The molecule has 0 saturated carbocycles. The van der Waals surface area contributed by atoms with Gasteiger partial charge in [-0.25, -0.2) is 4.39 Å². The van der Waals surface area contributed by atoms with Crippen LogP contribution in [0.1, 0.15) is 18.6 Å². The van der Waals surface area contributed by atoms with E-state index in [1.54, 1.807) is 19.2 Å². The van der Waals surface area contributed by atoms with Crippen LogP contribution >= 0.6 is 0 Å². The first-order chi connectivity index (χ1) is 9.60. The molecule has 20 heavy (non-hydrogen) atoms. The van der Waals surface area contributed by atoms with Gasteiger partial charge in [0.15, 0.2) is 0 Å². The highest BCUT2D eigenvalue weighted by Crippen LogP contribution is 2.26. The molecule has 0 aromatic heterocycles. The summed E-state index contributed by atoms with van der Waals surface area (Å²) in [5, 5.41) is 0. The number of benzene rings is 2. The highest BCUT2D eigenvalue weighted by atomic mass is 19.1. The van der Waals surface area contributed by atoms with Crippen molar-refractivity contribution in [2.24, 2.45) is 5.73 Å². The zero-order valence-electron chi connectivity index (χ0n) is 11.5. The van der Waals surface area contributed by atoms with Crippen molar-refractivity contribution in [1.29, 1.82) is 0 Å². The first kappa shape index (κ1) is 14.3. The van der Waals surface area contributed by atoms with Crippen molar-refractivity contribution in [3.8, 4) is 11.5 Å². The second-order valence-electron chi connectivity index (χ2n) is 4.62. The van der Waals surface area contributed by atoms with Crippen LogP contribution in [0.4, 0.5) is 4.39 Å². The fourth-order valence-corrected chi connectivity index (χ4v) is 1.93. The van der Waals surface area contributed by atoms with E-state index in [4.69, 9.17) is 15.2 Å². The zero-order chi connectivity index (χ0) is 14.5. The van der Waals surface area contributed by atoms with Crippen LogP contribution in [0, 0.1) is 5.82 Å². The van der Waals surface area contributed by atoms with Crippen molar-refractivity contribution in [2.75, 3.05) is 7.11 Å². The third-order valence-corrected chi connectivity index (χ3v) is 3.00. The predicted octanol–water partition coefficient (Wildman–Crippen LogP) is 3.30. The van der Waals surface area contributed by atoms with E-state index in [-0.39, 0.29) is 18.0 Å². The van der Waals surface area contributed by atoms with E-state index in [1.165, 1.54) is 12.1 Å². The van der Waals surface area contributed by atoms with Gasteiger partial charge in [-0.2, -0.15) is 0 Å². The van der Waals surface area contributed by atoms with E-state index >= 15 is 0 Å². The number of nitrogens with two attached hydrogens (primary N) is 1. The van der Waals surface area contributed by atoms with E-state index in [1.807, 2.05) is 31.2 Å². The smallest absolute Gasteiger partial charge is 0.138 e. The molecule has 0 saturated heterocycles. The van der Waals surface area contributed by atoms with Crippen LogP contribution in [-0.2, 0) is 0 Å². The normalized spacial score (nSPS) is 13.6. The van der Waals surface area contributed by atoms with E-state index < -0.39 is 0 Å². The fourth-order valence-electron chi connectivity index (χ4n) is 1.93. The SMILES string of the molecule is COc1ccc(OC(c2ccc(F)cc2)C(C)N)cc1. The highest BCUT2D eigenvalue weighted by Gasteiger charge is 2.18. The minimum atomic E-state index is -0.330. The minimum absolute atomic E-state index is 0.220. The molecule has 4 heteroatoms. The molecule has 2 atom stereocenters. The summed E-state index contributed by atoms with van der Waals surface area (Å²) < 4.78 is 24.0. The number of methoxy groups -OCH3 is 1. The molecular weight excluding hydrogens is 257 g/mol. The molecule has 0 bridgehead atoms. The Morgan fingerprint density at radius 2 is 1.50 bits per heavy atom. The van der Waals surface area contributed by atoms with Crippen molar-refractivity contribution in [3.05, 3.63) is 59.9 Å². The number of halogens is 1. The van der Waals surface area contributed by atoms with Gasteiger partial charge in [0, 0.05) is 6.04 Å². The van der Waals surface area contributed by atoms with E-state index in [0.717, 1.165) is 11.3 Å². The Bertz CT molecular complexity index is 537. The molecule has 0 radical (unpaired) electrons. The Morgan fingerprint density at radius 3 is 2.00 bits per heavy atom. The van der Waals surface area contributed by atoms with Gasteiger partial charge >= 0.3 is 0 Å². The topological polar surface area (TPSA) is 44.5 Å². The summed E-state index contributed by atoms with van der Waals surface area (Å²) in [5.74, 6) is 1.18. The minimum Gasteiger partial charge on any atom is -0.497 e. The fraction of sp³-hybridized carbons (Fsp3) is 0.250. The summed E-state index contributed by atoms with van der Waals surface area (Å²) in [4.78, 5) is 0. The Balaban J connectivity index is 2.18. The van der Waals surface area contributed by atoms with Crippen molar-refractivity contribution >= 4 is 0 Å². The number of ether oxygens (including phenoxy) is 2. The second kappa shape index (κ2) is 6.39. The molecule has 2 N–H and O–H groups in total. The average Bonchev–Trinajstić information content (AvgIpc) is 2.46. The number of hydrogen-bond donors (Lipinski definition) is 1. The number of rotatable bonds is 5. The van der Waals surface area contributed by atoms with E-state index in [0.29, 0.717) is 5.75 Å². The monoisotopic (exact) mass is 275 g/mol. The maximum atomic E-state index is 13.0. The Labute approximate surface area is 118 Å². The number of hydrogen-bond acceptors (Lipinski definition) is 3. The molecule has 0 heterocycles. The first-order valence-electron chi connectivity index (χ1n) is 6.42. The van der Waals surface area contributed by atoms with Crippen LogP contribution in [0.5, 0.6) is 11.5 Å². The lowest BCUT2D eigenvalue weighted by molar-refractivity contribution is 0.180. The van der Waals surface area contributed by atoms with Crippen LogP contribution in [0.2, 0.25) is 0 Å². The standard InChI is InChI=1S/C16H18FNO2/c1-11(18)16(12-3-5-13(17)6-4-12)20-15-9-7-14(19-2)8-10-15/h3-11,16H,18H2,1-2H3. The first-order valence-corrected chi connectivity index (χ1v) is 6.42. The van der Waals surface area contributed by atoms with Gasteiger partial charge in [0.05, 0.1) is 7.11 Å². The van der Waals surface area contributed by atoms with Crippen LogP contribution < -0.4 is 15.2 Å². The summed E-state index contributed by atoms with van der Waals surface area (Å²) in [6.45, 7) is 1.86. The third kappa shape index (κ3) is 3.48. The van der Waals surface area contributed by atoms with Gasteiger partial charge in [-0.05, 0) is 48.9 Å². The van der Waals surface area contributed by atoms with Crippen LogP contribution in [-0.4, -0.2) is 13.2 Å². The second-order valence-corrected chi connectivity index (χ2v) is 4.62. The van der Waals surface area contributed by atoms with Crippen LogP contribution in [0.3, 0.4) is 0 Å². The van der Waals surface area contributed by atoms with Crippen molar-refractivity contribution in [3.63, 3.8) is 0 Å². The van der Waals surface area contributed by atoms with Gasteiger partial charge in [0.2, 0.25) is 0 Å². The van der Waals surface area contributed by atoms with E-state index in [9.17, 15) is 4.39 Å². The summed E-state index contributed by atoms with van der Waals surface area (Å²) in [7, 11) is 1.61. The largest absolute Gasteiger partial charge is 0.497 e. The maximum absolute atomic E-state index is 13.0. The highest BCUT2D eigenvalue weighted by molar-refractivity contribution is 5.32. The van der Waals surface area contributed by atoms with Gasteiger partial charge < -0.3 is 15.2 Å². The molecule has 0 aliphatic rings. The van der Waals surface area contributed by atoms with Gasteiger partial charge in [-0.15, -0.1) is 0 Å². The van der Waals surface area contributed by atoms with Crippen LogP contribution in [0.15, 0.2) is 48.5 Å². The summed E-state index contributed by atoms with van der Waals surface area (Å²) in [6.07, 6.45) is -0.330. The van der Waals surface area contributed by atoms with E-state index in [2.05, 4.69) is 0 Å². The summed E-state index contributed by atoms with van der Waals surface area (Å²) in [6, 6.07) is 13.2. The maximum Gasteiger partial charge on any atom is 0.138 e. The van der Waals surface area contributed by atoms with Gasteiger partial charge in [-0.1, -0.05) is 12.1 Å². The molecule has 0 aliphatic heterocycles. The van der Waals surface area contributed by atoms with Crippen LogP contribution in [0.25, 0.3) is 0 Å². The molecule has 0 amide bonds. The predicted molar refractivity (Wildman–Crippen MR) is 76.4 cm³/mol. The molecule has 0 aliphatic carbocycles. The molecule has 0 fully saturated rings. The summed E-state index contributed by atoms with van der Waals surface area (Å²) in [5.41, 5.74) is 6.81. The quantitative estimate of drug-likeness (QED) is 0.910. The third-order valence-electron chi connectivity index (χ3n) is 3.00. The average molecular weight is 275 g/mol. The Kier molecular flexibility index (Phi) is 4.58. The molecule has 3 nitrogen and oxygen atoms in total. The van der Waals surface area contributed by atoms with Gasteiger partial charge in [0.1, 0.15) is 23.4 Å². The molecule has 2 aromatic rings. The van der Waals surface area contributed by atoms with Crippen molar-refractivity contribution < 1.29 is 13.9 Å². The molecule has 106 valence electrons. The lowest BCUT2D eigenvalue weighted by Gasteiger charge is -2.23. The Hall–Kier alpha value is -2.07. The van der Waals surface area contributed by atoms with Crippen molar-refractivity contribution in [2.45, 2.75) is 19.1 Å².